The highest BCUT2D eigenvalue weighted by Gasteiger charge is 2.35. The van der Waals surface area contributed by atoms with E-state index in [-0.39, 0.29) is 35.5 Å². The zero-order valence-electron chi connectivity index (χ0n) is 26.0. The lowest BCUT2D eigenvalue weighted by Crippen LogP contribution is -2.54. The van der Waals surface area contributed by atoms with Crippen LogP contribution in [-0.4, -0.2) is 57.0 Å². The summed E-state index contributed by atoms with van der Waals surface area (Å²) in [5.74, 6) is 0.0481. The summed E-state index contributed by atoms with van der Waals surface area (Å²) in [6, 6.07) is 30.6. The van der Waals surface area contributed by atoms with Gasteiger partial charge < -0.3 is 19.7 Å². The minimum Gasteiger partial charge on any atom is -0.486 e. The highest BCUT2D eigenvalue weighted by atomic mass is 32.2. The molecule has 0 bridgehead atoms. The molecule has 1 N–H and O–H groups in total. The first-order chi connectivity index (χ1) is 22.3. The lowest BCUT2D eigenvalue weighted by Gasteiger charge is -2.34. The SMILES string of the molecule is CC[C@@H](C)NC(=O)[C@H](Cc1ccccc1)N(Cc1ccccc1)C(=O)CN(c1ccc2c(c1)OCCO2)S(=O)(=O)c1ccccc1. The molecule has 0 aliphatic carbocycles. The van der Waals surface area contributed by atoms with Gasteiger partial charge in [-0.05, 0) is 48.7 Å². The number of ether oxygens (including phenoxy) is 2. The Bertz CT molecular complexity index is 1720. The fourth-order valence-electron chi connectivity index (χ4n) is 5.21. The van der Waals surface area contributed by atoms with Crippen LogP contribution in [0.25, 0.3) is 0 Å². The fraction of sp³-hybridized carbons (Fsp3) is 0.278. The quantitative estimate of drug-likeness (QED) is 0.215. The number of hydrogen-bond donors (Lipinski definition) is 1. The summed E-state index contributed by atoms with van der Waals surface area (Å²) in [6.07, 6.45) is 0.959. The van der Waals surface area contributed by atoms with Gasteiger partial charge in [-0.1, -0.05) is 85.8 Å². The number of carbonyl (C=O) groups excluding carboxylic acids is 2. The number of sulfonamides is 1. The van der Waals surface area contributed by atoms with E-state index in [1.165, 1.54) is 17.0 Å². The van der Waals surface area contributed by atoms with Crippen LogP contribution in [0.4, 0.5) is 5.69 Å². The molecule has 0 aromatic heterocycles. The fourth-order valence-corrected chi connectivity index (χ4v) is 6.64. The van der Waals surface area contributed by atoms with Gasteiger partial charge in [-0.15, -0.1) is 0 Å². The Morgan fingerprint density at radius 1 is 0.804 bits per heavy atom. The lowest BCUT2D eigenvalue weighted by molar-refractivity contribution is -0.140. The first-order valence-electron chi connectivity index (χ1n) is 15.4. The van der Waals surface area contributed by atoms with E-state index in [2.05, 4.69) is 5.32 Å². The Hall–Kier alpha value is -4.83. The second kappa shape index (κ2) is 15.0. The summed E-state index contributed by atoms with van der Waals surface area (Å²) < 4.78 is 40.9. The topological polar surface area (TPSA) is 105 Å². The number of hydrogen-bond acceptors (Lipinski definition) is 6. The Kier molecular flexibility index (Phi) is 10.6. The minimum absolute atomic E-state index is 0.0302. The number of benzene rings is 4. The summed E-state index contributed by atoms with van der Waals surface area (Å²) >= 11 is 0. The van der Waals surface area contributed by atoms with Crippen molar-refractivity contribution >= 4 is 27.5 Å². The van der Waals surface area contributed by atoms with Gasteiger partial charge in [-0.25, -0.2) is 8.42 Å². The molecule has 5 rings (SSSR count). The van der Waals surface area contributed by atoms with Crippen LogP contribution in [0.2, 0.25) is 0 Å². The van der Waals surface area contributed by atoms with Crippen LogP contribution >= 0.6 is 0 Å². The summed E-state index contributed by atoms with van der Waals surface area (Å²) in [4.78, 5) is 30.0. The Morgan fingerprint density at radius 2 is 1.39 bits per heavy atom. The Labute approximate surface area is 270 Å². The number of fused-ring (bicyclic) bond motifs is 1. The van der Waals surface area contributed by atoms with Crippen molar-refractivity contribution in [1.29, 1.82) is 0 Å². The third-order valence-corrected chi connectivity index (χ3v) is 9.68. The second-order valence-corrected chi connectivity index (χ2v) is 13.0. The third-order valence-electron chi connectivity index (χ3n) is 7.89. The van der Waals surface area contributed by atoms with Crippen molar-refractivity contribution in [2.24, 2.45) is 0 Å². The molecule has 1 aliphatic heterocycles. The van der Waals surface area contributed by atoms with Crippen molar-refractivity contribution in [3.05, 3.63) is 120 Å². The van der Waals surface area contributed by atoms with Gasteiger partial charge in [0.15, 0.2) is 11.5 Å². The summed E-state index contributed by atoms with van der Waals surface area (Å²) in [5, 5.41) is 3.05. The van der Waals surface area contributed by atoms with Crippen molar-refractivity contribution in [3.8, 4) is 11.5 Å². The van der Waals surface area contributed by atoms with Crippen molar-refractivity contribution in [3.63, 3.8) is 0 Å². The normalized spacial score (nSPS) is 13.7. The molecule has 2 atom stereocenters. The smallest absolute Gasteiger partial charge is 0.264 e. The van der Waals surface area contributed by atoms with E-state index in [9.17, 15) is 18.0 Å². The van der Waals surface area contributed by atoms with Crippen LogP contribution in [0.1, 0.15) is 31.4 Å². The van der Waals surface area contributed by atoms with Gasteiger partial charge >= 0.3 is 0 Å². The number of nitrogens with zero attached hydrogens (tertiary/aromatic N) is 2. The number of rotatable bonds is 13. The maximum atomic E-state index is 14.6. The molecule has 1 heterocycles. The molecule has 4 aromatic carbocycles. The molecule has 46 heavy (non-hydrogen) atoms. The van der Waals surface area contributed by atoms with Crippen molar-refractivity contribution < 1.29 is 27.5 Å². The Morgan fingerprint density at radius 3 is 2.02 bits per heavy atom. The van der Waals surface area contributed by atoms with E-state index in [4.69, 9.17) is 9.47 Å². The predicted octanol–water partition coefficient (Wildman–Crippen LogP) is 5.21. The van der Waals surface area contributed by atoms with Gasteiger partial charge in [-0.2, -0.15) is 0 Å². The van der Waals surface area contributed by atoms with E-state index in [1.54, 1.807) is 36.4 Å². The van der Waals surface area contributed by atoms with Gasteiger partial charge in [0.2, 0.25) is 11.8 Å². The molecule has 0 saturated heterocycles. The van der Waals surface area contributed by atoms with Crippen LogP contribution < -0.4 is 19.1 Å². The van der Waals surface area contributed by atoms with Crippen molar-refractivity contribution in [1.82, 2.24) is 10.2 Å². The minimum atomic E-state index is -4.22. The molecule has 240 valence electrons. The maximum Gasteiger partial charge on any atom is 0.264 e. The molecule has 0 saturated carbocycles. The molecule has 0 unspecified atom stereocenters. The summed E-state index contributed by atoms with van der Waals surface area (Å²) in [7, 11) is -4.22. The zero-order chi connectivity index (χ0) is 32.5. The van der Waals surface area contributed by atoms with E-state index < -0.39 is 28.5 Å². The average Bonchev–Trinajstić information content (AvgIpc) is 3.09. The number of nitrogens with one attached hydrogen (secondary N) is 1. The van der Waals surface area contributed by atoms with Crippen LogP contribution in [0, 0.1) is 0 Å². The molecule has 9 nitrogen and oxygen atoms in total. The van der Waals surface area contributed by atoms with Crippen LogP contribution in [-0.2, 0) is 32.6 Å². The highest BCUT2D eigenvalue weighted by Crippen LogP contribution is 2.36. The van der Waals surface area contributed by atoms with Crippen LogP contribution in [0.15, 0.2) is 114 Å². The average molecular weight is 642 g/mol. The summed E-state index contributed by atoms with van der Waals surface area (Å²) in [5.41, 5.74) is 1.92. The van der Waals surface area contributed by atoms with Crippen molar-refractivity contribution in [2.45, 2.75) is 50.2 Å². The molecule has 0 radical (unpaired) electrons. The van der Waals surface area contributed by atoms with Gasteiger partial charge in [-0.3, -0.25) is 13.9 Å². The van der Waals surface area contributed by atoms with E-state index in [0.29, 0.717) is 31.1 Å². The monoisotopic (exact) mass is 641 g/mol. The second-order valence-electron chi connectivity index (χ2n) is 11.2. The third kappa shape index (κ3) is 7.87. The van der Waals surface area contributed by atoms with Gasteiger partial charge in [0.05, 0.1) is 10.6 Å². The van der Waals surface area contributed by atoms with Gasteiger partial charge in [0, 0.05) is 25.1 Å². The number of anilines is 1. The molecule has 0 fully saturated rings. The molecule has 4 aromatic rings. The highest BCUT2D eigenvalue weighted by molar-refractivity contribution is 7.92. The van der Waals surface area contributed by atoms with Gasteiger partial charge in [0.25, 0.3) is 10.0 Å². The van der Waals surface area contributed by atoms with Crippen LogP contribution in [0.5, 0.6) is 11.5 Å². The first kappa shape index (κ1) is 32.6. The van der Waals surface area contributed by atoms with Gasteiger partial charge in [0.1, 0.15) is 25.8 Å². The van der Waals surface area contributed by atoms with E-state index >= 15 is 0 Å². The standard InChI is InChI=1S/C36H39N3O6S/c1-3-27(2)37-36(41)32(23-28-13-7-4-8-14-28)38(25-29-15-9-5-10-16-29)35(40)26-39(46(42,43)31-17-11-6-12-18-31)30-19-20-33-34(24-30)45-22-21-44-33/h4-20,24,27,32H,3,21-23,25-26H2,1-2H3,(H,37,41)/t27-,32+/m1/s1. The number of amides is 2. The van der Waals surface area contributed by atoms with E-state index in [1.807, 2.05) is 74.5 Å². The number of carbonyl (C=O) groups is 2. The van der Waals surface area contributed by atoms with Crippen LogP contribution in [0.3, 0.4) is 0 Å². The van der Waals surface area contributed by atoms with E-state index in [0.717, 1.165) is 15.4 Å². The first-order valence-corrected chi connectivity index (χ1v) is 16.9. The predicted molar refractivity (Wildman–Crippen MR) is 177 cm³/mol. The molecular weight excluding hydrogens is 602 g/mol. The molecule has 0 spiro atoms. The molecule has 2 amide bonds. The zero-order valence-corrected chi connectivity index (χ0v) is 26.9. The largest absolute Gasteiger partial charge is 0.486 e. The maximum absolute atomic E-state index is 14.6. The molecular formula is C36H39N3O6S. The Balaban J connectivity index is 1.57. The summed E-state index contributed by atoms with van der Waals surface area (Å²) in [6.45, 7) is 4.14. The molecule has 10 heteroatoms. The lowest BCUT2D eigenvalue weighted by atomic mass is 10.0. The van der Waals surface area contributed by atoms with Crippen molar-refractivity contribution in [2.75, 3.05) is 24.1 Å². The molecule has 1 aliphatic rings.